The molecule has 0 bridgehead atoms. The molecule has 0 aliphatic rings. The smallest absolute Gasteiger partial charge is 0.259 e. The topological polar surface area (TPSA) is 138 Å². The molecule has 47 heavy (non-hydrogen) atoms. The molecule has 0 aliphatic heterocycles. The Balaban J connectivity index is 1.21. The first kappa shape index (κ1) is 32.6. The number of carbonyl (C=O) groups is 2. The second-order valence-electron chi connectivity index (χ2n) is 10.7. The zero-order valence-corrected chi connectivity index (χ0v) is 26.4. The van der Waals surface area contributed by atoms with Gasteiger partial charge in [-0.15, -0.1) is 0 Å². The predicted octanol–water partition coefficient (Wildman–Crippen LogP) is 5.95. The van der Waals surface area contributed by atoms with Gasteiger partial charge in [-0.3, -0.25) is 9.59 Å². The maximum absolute atomic E-state index is 13.2. The highest BCUT2D eigenvalue weighted by Crippen LogP contribution is 2.28. The summed E-state index contributed by atoms with van der Waals surface area (Å²) in [5.41, 5.74) is 10.5. The number of nitrogens with one attached hydrogen (secondary N) is 2. The summed E-state index contributed by atoms with van der Waals surface area (Å²) in [5, 5.41) is 5.83. The van der Waals surface area contributed by atoms with Crippen LogP contribution >= 0.6 is 0 Å². The summed E-state index contributed by atoms with van der Waals surface area (Å²) in [6.07, 6.45) is 4.10. The minimum atomic E-state index is -0.364. The van der Waals surface area contributed by atoms with Crippen molar-refractivity contribution in [1.29, 1.82) is 0 Å². The number of hydrogen-bond acceptors (Lipinski definition) is 8. The molecule has 0 radical (unpaired) electrons. The minimum Gasteiger partial charge on any atom is -0.495 e. The maximum Gasteiger partial charge on any atom is 0.259 e. The number of aryl methyl sites for hydroxylation is 1. The van der Waals surface area contributed by atoms with E-state index < -0.39 is 0 Å². The van der Waals surface area contributed by atoms with Crippen molar-refractivity contribution in [3.05, 3.63) is 131 Å². The van der Waals surface area contributed by atoms with Crippen molar-refractivity contribution in [2.45, 2.75) is 26.5 Å². The van der Waals surface area contributed by atoms with Crippen LogP contribution in [-0.2, 0) is 13.2 Å². The first-order valence-corrected chi connectivity index (χ1v) is 15.2. The van der Waals surface area contributed by atoms with E-state index in [4.69, 9.17) is 19.9 Å². The van der Waals surface area contributed by atoms with Crippen molar-refractivity contribution in [2.24, 2.45) is 5.73 Å². The highest BCUT2D eigenvalue weighted by Gasteiger charge is 2.17. The van der Waals surface area contributed by atoms with E-state index in [1.165, 1.54) is 7.11 Å². The monoisotopic (exact) mass is 631 g/mol. The standard InChI is InChI=1S/C37H37N5O5/c1-25-9-12-29(33(21-25)47-24-26-10-13-27(14-11-26)35-39-18-6-19-40-35)23-41-36(43)28-15-16-31(34(22-28)45-2)42-37(44)30-7-3-4-8-32(30)46-20-5-17-38/h3-4,6-16,18-19,21-22H,5,17,20,23-24,38H2,1-2H3,(H,41,43)(H,42,44). The molecule has 0 aliphatic carbocycles. The molecule has 0 saturated carbocycles. The van der Waals surface area contributed by atoms with E-state index in [1.807, 2.05) is 49.4 Å². The van der Waals surface area contributed by atoms with Crippen LogP contribution in [0.5, 0.6) is 17.2 Å². The van der Waals surface area contributed by atoms with Gasteiger partial charge in [-0.25, -0.2) is 9.97 Å². The van der Waals surface area contributed by atoms with Gasteiger partial charge in [-0.05, 0) is 73.5 Å². The zero-order chi connectivity index (χ0) is 33.0. The quantitative estimate of drug-likeness (QED) is 0.128. The van der Waals surface area contributed by atoms with E-state index >= 15 is 0 Å². The Morgan fingerprint density at radius 1 is 0.809 bits per heavy atom. The van der Waals surface area contributed by atoms with Gasteiger partial charge >= 0.3 is 0 Å². The van der Waals surface area contributed by atoms with Crippen LogP contribution in [0.25, 0.3) is 11.4 Å². The van der Waals surface area contributed by atoms with Gasteiger partial charge in [-0.2, -0.15) is 0 Å². The number of aromatic nitrogens is 2. The molecule has 2 amide bonds. The summed E-state index contributed by atoms with van der Waals surface area (Å²) in [5.74, 6) is 1.49. The molecule has 1 aromatic heterocycles. The number of ether oxygens (including phenoxy) is 3. The average Bonchev–Trinajstić information content (AvgIpc) is 3.11. The number of methoxy groups -OCH3 is 1. The molecule has 0 saturated heterocycles. The summed E-state index contributed by atoms with van der Waals surface area (Å²) in [6.45, 7) is 3.50. The Morgan fingerprint density at radius 2 is 1.60 bits per heavy atom. The van der Waals surface area contributed by atoms with Gasteiger partial charge in [0.1, 0.15) is 23.9 Å². The Morgan fingerprint density at radius 3 is 2.36 bits per heavy atom. The average molecular weight is 632 g/mol. The number of benzene rings is 4. The molecular formula is C37H37N5O5. The molecule has 10 nitrogen and oxygen atoms in total. The lowest BCUT2D eigenvalue weighted by atomic mass is 10.1. The normalized spacial score (nSPS) is 10.6. The van der Waals surface area contributed by atoms with Crippen LogP contribution in [-0.4, -0.2) is 42.0 Å². The third-order valence-electron chi connectivity index (χ3n) is 7.28. The number of amides is 2. The van der Waals surface area contributed by atoms with E-state index in [2.05, 4.69) is 20.6 Å². The number of carbonyl (C=O) groups excluding carboxylic acids is 2. The van der Waals surface area contributed by atoms with E-state index in [-0.39, 0.29) is 18.4 Å². The molecule has 10 heteroatoms. The molecular weight excluding hydrogens is 594 g/mol. The molecule has 4 aromatic carbocycles. The molecule has 4 N–H and O–H groups in total. The molecule has 0 fully saturated rings. The highest BCUT2D eigenvalue weighted by molar-refractivity contribution is 6.07. The van der Waals surface area contributed by atoms with Gasteiger partial charge in [0.05, 0.1) is 25.0 Å². The van der Waals surface area contributed by atoms with Crippen LogP contribution in [0.3, 0.4) is 0 Å². The van der Waals surface area contributed by atoms with Gasteiger partial charge in [-0.1, -0.05) is 48.5 Å². The SMILES string of the molecule is COc1cc(C(=O)NCc2ccc(C)cc2OCc2ccc(-c3ncccn3)cc2)ccc1NC(=O)c1ccccc1OCCCN. The van der Waals surface area contributed by atoms with Crippen LogP contribution in [0.15, 0.2) is 103 Å². The van der Waals surface area contributed by atoms with Crippen molar-refractivity contribution in [3.8, 4) is 28.6 Å². The molecule has 5 aromatic rings. The van der Waals surface area contributed by atoms with Gasteiger partial charge in [0.2, 0.25) is 0 Å². The van der Waals surface area contributed by atoms with Gasteiger partial charge in [0.25, 0.3) is 11.8 Å². The molecule has 0 spiro atoms. The highest BCUT2D eigenvalue weighted by atomic mass is 16.5. The number of anilines is 1. The van der Waals surface area contributed by atoms with E-state index in [1.54, 1.807) is 60.9 Å². The number of rotatable bonds is 14. The van der Waals surface area contributed by atoms with E-state index in [0.29, 0.717) is 66.1 Å². The first-order chi connectivity index (χ1) is 22.9. The third-order valence-corrected chi connectivity index (χ3v) is 7.28. The van der Waals surface area contributed by atoms with Gasteiger partial charge < -0.3 is 30.6 Å². The van der Waals surface area contributed by atoms with Gasteiger partial charge in [0.15, 0.2) is 5.82 Å². The third kappa shape index (κ3) is 8.71. The van der Waals surface area contributed by atoms with Crippen molar-refractivity contribution < 1.29 is 23.8 Å². The van der Waals surface area contributed by atoms with Crippen LogP contribution in [0, 0.1) is 6.92 Å². The lowest BCUT2D eigenvalue weighted by molar-refractivity contribution is 0.0949. The van der Waals surface area contributed by atoms with Crippen molar-refractivity contribution in [2.75, 3.05) is 25.6 Å². The summed E-state index contributed by atoms with van der Waals surface area (Å²) in [4.78, 5) is 34.9. The Bertz CT molecular complexity index is 1810. The predicted molar refractivity (Wildman–Crippen MR) is 181 cm³/mol. The Hall–Kier alpha value is -5.74. The molecule has 5 rings (SSSR count). The molecule has 0 unspecified atom stereocenters. The summed E-state index contributed by atoms with van der Waals surface area (Å²) in [7, 11) is 1.48. The van der Waals surface area contributed by atoms with Crippen LogP contribution in [0.1, 0.15) is 43.8 Å². The van der Waals surface area contributed by atoms with Crippen LogP contribution < -0.4 is 30.6 Å². The fraction of sp³-hybridized carbons (Fsp3) is 0.189. The number of hydrogen-bond donors (Lipinski definition) is 3. The lowest BCUT2D eigenvalue weighted by Crippen LogP contribution is -2.23. The molecule has 240 valence electrons. The summed E-state index contributed by atoms with van der Waals surface area (Å²) in [6, 6.07) is 27.4. The van der Waals surface area contributed by atoms with Gasteiger partial charge in [0, 0.05) is 35.6 Å². The largest absolute Gasteiger partial charge is 0.495 e. The molecule has 1 heterocycles. The second-order valence-corrected chi connectivity index (χ2v) is 10.7. The number of nitrogens with zero attached hydrogens (tertiary/aromatic N) is 2. The van der Waals surface area contributed by atoms with Crippen molar-refractivity contribution in [1.82, 2.24) is 15.3 Å². The Labute approximate surface area is 273 Å². The first-order valence-electron chi connectivity index (χ1n) is 15.2. The zero-order valence-electron chi connectivity index (χ0n) is 26.4. The maximum atomic E-state index is 13.2. The number of nitrogens with two attached hydrogens (primary N) is 1. The van der Waals surface area contributed by atoms with Crippen LogP contribution in [0.4, 0.5) is 5.69 Å². The second kappa shape index (κ2) is 16.0. The summed E-state index contributed by atoms with van der Waals surface area (Å²) < 4.78 is 17.4. The fourth-order valence-corrected chi connectivity index (χ4v) is 4.75. The number of para-hydroxylation sites is 1. The van der Waals surface area contributed by atoms with Crippen molar-refractivity contribution >= 4 is 17.5 Å². The summed E-state index contributed by atoms with van der Waals surface area (Å²) >= 11 is 0. The molecule has 0 atom stereocenters. The Kier molecular flexibility index (Phi) is 11.1. The lowest BCUT2D eigenvalue weighted by Gasteiger charge is -2.15. The minimum absolute atomic E-state index is 0.250. The van der Waals surface area contributed by atoms with Crippen LogP contribution in [0.2, 0.25) is 0 Å². The van der Waals surface area contributed by atoms with E-state index in [0.717, 1.165) is 22.3 Å². The van der Waals surface area contributed by atoms with Crippen molar-refractivity contribution in [3.63, 3.8) is 0 Å². The van der Waals surface area contributed by atoms with E-state index in [9.17, 15) is 9.59 Å². The fourth-order valence-electron chi connectivity index (χ4n) is 4.75.